The molecule has 2 N–H and O–H groups in total. The number of carbonyl (C=O) groups is 1. The average molecular weight is 353 g/mol. The fourth-order valence-corrected chi connectivity index (χ4v) is 2.58. The lowest BCUT2D eigenvalue weighted by molar-refractivity contribution is -0.385. The van der Waals surface area contributed by atoms with Crippen molar-refractivity contribution in [1.82, 2.24) is 10.2 Å². The van der Waals surface area contributed by atoms with E-state index in [4.69, 9.17) is 0 Å². The highest BCUT2D eigenvalue weighted by molar-refractivity contribution is 9.10. The number of rotatable bonds is 3. The molecule has 2 aromatic rings. The minimum absolute atomic E-state index is 0.0471. The van der Waals surface area contributed by atoms with Crippen LogP contribution < -0.4 is 5.32 Å². The van der Waals surface area contributed by atoms with E-state index in [-0.39, 0.29) is 11.6 Å². The first kappa shape index (κ1) is 15.2. The molecule has 1 amide bonds. The topological polar surface area (TPSA) is 101 Å². The number of nitro benzene ring substituents is 1. The summed E-state index contributed by atoms with van der Waals surface area (Å²) in [5, 5.41) is 20.3. The molecule has 0 unspecified atom stereocenters. The fourth-order valence-electron chi connectivity index (χ4n) is 2.02. The minimum Gasteiger partial charge on any atom is -0.321 e. The third-order valence-corrected chi connectivity index (χ3v) is 3.74. The Kier molecular flexibility index (Phi) is 4.08. The van der Waals surface area contributed by atoms with Gasteiger partial charge < -0.3 is 5.32 Å². The first-order valence-corrected chi connectivity index (χ1v) is 6.88. The highest BCUT2D eigenvalue weighted by Crippen LogP contribution is 2.31. The highest BCUT2D eigenvalue weighted by atomic mass is 79.9. The smallest absolute Gasteiger partial charge is 0.274 e. The monoisotopic (exact) mass is 352 g/mol. The van der Waals surface area contributed by atoms with Crippen molar-refractivity contribution in [1.29, 1.82) is 0 Å². The molecule has 21 heavy (non-hydrogen) atoms. The molecular formula is C13H13BrN4O3. The van der Waals surface area contributed by atoms with Crippen molar-refractivity contribution in [2.45, 2.75) is 20.8 Å². The molecule has 7 nitrogen and oxygen atoms in total. The van der Waals surface area contributed by atoms with E-state index in [9.17, 15) is 14.9 Å². The van der Waals surface area contributed by atoms with Crippen LogP contribution in [0.2, 0.25) is 0 Å². The van der Waals surface area contributed by atoms with Crippen LogP contribution in [0.15, 0.2) is 16.6 Å². The zero-order valence-corrected chi connectivity index (χ0v) is 13.2. The summed E-state index contributed by atoms with van der Waals surface area (Å²) < 4.78 is 0.581. The third kappa shape index (κ3) is 2.94. The lowest BCUT2D eigenvalue weighted by Crippen LogP contribution is -2.14. The number of aryl methyl sites for hydroxylation is 3. The van der Waals surface area contributed by atoms with E-state index < -0.39 is 4.92 Å². The number of carbonyl (C=O) groups excluding carboxylic acids is 1. The molecule has 1 aromatic heterocycles. The van der Waals surface area contributed by atoms with Crippen molar-refractivity contribution >= 4 is 33.2 Å². The molecule has 0 aliphatic rings. The molecule has 0 fully saturated rings. The van der Waals surface area contributed by atoms with Gasteiger partial charge >= 0.3 is 0 Å². The van der Waals surface area contributed by atoms with E-state index in [2.05, 4.69) is 31.4 Å². The molecule has 0 aliphatic carbocycles. The number of aromatic nitrogens is 2. The van der Waals surface area contributed by atoms with Gasteiger partial charge in [-0.1, -0.05) is 0 Å². The number of nitrogens with zero attached hydrogens (tertiary/aromatic N) is 2. The summed E-state index contributed by atoms with van der Waals surface area (Å²) in [4.78, 5) is 22.8. The predicted octanol–water partition coefficient (Wildman–Crippen LogP) is 3.26. The van der Waals surface area contributed by atoms with Gasteiger partial charge in [0.05, 0.1) is 21.9 Å². The fraction of sp³-hybridized carbons (Fsp3) is 0.231. The summed E-state index contributed by atoms with van der Waals surface area (Å²) in [5.41, 5.74) is 2.46. The molecule has 0 atom stereocenters. The van der Waals surface area contributed by atoms with Crippen molar-refractivity contribution in [3.05, 3.63) is 49.2 Å². The first-order valence-electron chi connectivity index (χ1n) is 6.08. The molecule has 0 spiro atoms. The Morgan fingerprint density at radius 2 is 2.05 bits per heavy atom. The number of hydrogen-bond donors (Lipinski definition) is 2. The molecule has 0 saturated heterocycles. The number of H-pyrrole nitrogens is 1. The number of nitro groups is 1. The van der Waals surface area contributed by atoms with E-state index >= 15 is 0 Å². The van der Waals surface area contributed by atoms with Crippen LogP contribution in [0.4, 0.5) is 11.4 Å². The number of anilines is 1. The van der Waals surface area contributed by atoms with Gasteiger partial charge in [-0.05, 0) is 42.8 Å². The highest BCUT2D eigenvalue weighted by Gasteiger charge is 2.19. The van der Waals surface area contributed by atoms with Crippen LogP contribution in [0.1, 0.15) is 27.3 Å². The van der Waals surface area contributed by atoms with Gasteiger partial charge in [0, 0.05) is 21.8 Å². The average Bonchev–Trinajstić information content (AvgIpc) is 2.71. The lowest BCUT2D eigenvalue weighted by atomic mass is 10.1. The number of benzene rings is 1. The summed E-state index contributed by atoms with van der Waals surface area (Å²) in [5.74, 6) is -0.363. The number of amides is 1. The Morgan fingerprint density at radius 3 is 2.57 bits per heavy atom. The van der Waals surface area contributed by atoms with Crippen LogP contribution >= 0.6 is 15.9 Å². The second-order valence-corrected chi connectivity index (χ2v) is 5.49. The van der Waals surface area contributed by atoms with Gasteiger partial charge in [0.2, 0.25) is 0 Å². The molecule has 1 heterocycles. The quantitative estimate of drug-likeness (QED) is 0.653. The maximum Gasteiger partial charge on any atom is 0.274 e. The molecule has 2 rings (SSSR count). The number of aromatic amines is 1. The summed E-state index contributed by atoms with van der Waals surface area (Å²) >= 11 is 3.30. The Hall–Kier alpha value is -2.22. The van der Waals surface area contributed by atoms with Crippen LogP contribution in [0, 0.1) is 30.9 Å². The SMILES string of the molecule is Cc1cc(Br)c(NC(=O)c2c(C)n[nH]c2C)cc1[N+](=O)[O-]. The van der Waals surface area contributed by atoms with Crippen LogP contribution in [0.5, 0.6) is 0 Å². The summed E-state index contributed by atoms with van der Waals surface area (Å²) in [6.07, 6.45) is 0. The van der Waals surface area contributed by atoms with Crippen LogP contribution in [-0.4, -0.2) is 21.0 Å². The summed E-state index contributed by atoms with van der Waals surface area (Å²) in [6, 6.07) is 2.94. The largest absolute Gasteiger partial charge is 0.321 e. The predicted molar refractivity (Wildman–Crippen MR) is 81.5 cm³/mol. The molecular weight excluding hydrogens is 340 g/mol. The van der Waals surface area contributed by atoms with Gasteiger partial charge in [0.1, 0.15) is 0 Å². The van der Waals surface area contributed by atoms with Gasteiger partial charge in [0.25, 0.3) is 11.6 Å². The van der Waals surface area contributed by atoms with E-state index in [1.54, 1.807) is 26.8 Å². The molecule has 8 heteroatoms. The maximum atomic E-state index is 12.3. The van der Waals surface area contributed by atoms with E-state index in [1.165, 1.54) is 6.07 Å². The Labute approximate surface area is 129 Å². The van der Waals surface area contributed by atoms with Crippen molar-refractivity contribution < 1.29 is 9.72 Å². The summed E-state index contributed by atoms with van der Waals surface area (Å²) in [6.45, 7) is 5.09. The minimum atomic E-state index is -0.480. The van der Waals surface area contributed by atoms with Gasteiger partial charge in [-0.25, -0.2) is 0 Å². The molecule has 0 bridgehead atoms. The van der Waals surface area contributed by atoms with Crippen LogP contribution in [-0.2, 0) is 0 Å². The summed E-state index contributed by atoms with van der Waals surface area (Å²) in [7, 11) is 0. The second kappa shape index (κ2) is 5.65. The normalized spacial score (nSPS) is 10.5. The van der Waals surface area contributed by atoms with Crippen molar-refractivity contribution in [2.75, 3.05) is 5.32 Å². The van der Waals surface area contributed by atoms with Crippen LogP contribution in [0.3, 0.4) is 0 Å². The molecule has 110 valence electrons. The van der Waals surface area contributed by atoms with Gasteiger partial charge in [0.15, 0.2) is 0 Å². The molecule has 0 radical (unpaired) electrons. The van der Waals surface area contributed by atoms with Crippen molar-refractivity contribution in [3.63, 3.8) is 0 Å². The number of hydrogen-bond acceptors (Lipinski definition) is 4. The molecule has 0 saturated carbocycles. The lowest BCUT2D eigenvalue weighted by Gasteiger charge is -2.09. The number of halogens is 1. The Morgan fingerprint density at radius 1 is 1.38 bits per heavy atom. The van der Waals surface area contributed by atoms with Crippen molar-refractivity contribution in [2.24, 2.45) is 0 Å². The number of nitrogens with one attached hydrogen (secondary N) is 2. The first-order chi connectivity index (χ1) is 9.81. The Bertz CT molecular complexity index is 720. The zero-order chi connectivity index (χ0) is 15.7. The van der Waals surface area contributed by atoms with Crippen molar-refractivity contribution in [3.8, 4) is 0 Å². The maximum absolute atomic E-state index is 12.3. The van der Waals surface area contributed by atoms with E-state index in [1.807, 2.05) is 0 Å². The van der Waals surface area contributed by atoms with E-state index in [0.717, 1.165) is 0 Å². The van der Waals surface area contributed by atoms with Gasteiger partial charge in [-0.15, -0.1) is 0 Å². The van der Waals surface area contributed by atoms with E-state index in [0.29, 0.717) is 32.7 Å². The standard InChI is InChI=1S/C13H13BrN4O3/c1-6-4-9(14)10(5-11(6)18(20)21)15-13(19)12-7(2)16-17-8(12)3/h4-5H,1-3H3,(H,15,19)(H,16,17). The molecule has 0 aliphatic heterocycles. The van der Waals surface area contributed by atoms with Gasteiger partial charge in [-0.2, -0.15) is 5.10 Å². The Balaban J connectivity index is 2.38. The third-order valence-electron chi connectivity index (χ3n) is 3.09. The van der Waals surface area contributed by atoms with Gasteiger partial charge in [-0.3, -0.25) is 20.0 Å². The molecule has 1 aromatic carbocycles. The zero-order valence-electron chi connectivity index (χ0n) is 11.7. The van der Waals surface area contributed by atoms with Crippen LogP contribution in [0.25, 0.3) is 0 Å². The second-order valence-electron chi connectivity index (χ2n) is 4.64.